The van der Waals surface area contributed by atoms with Crippen LogP contribution in [0.5, 0.6) is 0 Å². The zero-order chi connectivity index (χ0) is 14.5. The van der Waals surface area contributed by atoms with Gasteiger partial charge in [-0.15, -0.1) is 0 Å². The Labute approximate surface area is 123 Å². The molecule has 20 heavy (non-hydrogen) atoms. The van der Waals surface area contributed by atoms with Gasteiger partial charge in [0, 0.05) is 12.1 Å². The fourth-order valence-corrected chi connectivity index (χ4v) is 3.49. The molecule has 2 heterocycles. The van der Waals surface area contributed by atoms with Gasteiger partial charge in [0.1, 0.15) is 11.5 Å². The molecule has 0 bridgehead atoms. The normalized spacial score (nSPS) is 23.7. The SMILES string of the molecule is CCCC1CCCCN1C(c1ccc(C)o1)C(N)CC. The number of rotatable bonds is 6. The second-order valence-electron chi connectivity index (χ2n) is 6.14. The summed E-state index contributed by atoms with van der Waals surface area (Å²) in [7, 11) is 0. The third kappa shape index (κ3) is 3.44. The van der Waals surface area contributed by atoms with Crippen LogP contribution in [0, 0.1) is 6.92 Å². The standard InChI is InChI=1S/C17H30N2O/c1-4-8-14-9-6-7-12-19(14)17(15(18)5-2)16-11-10-13(3)20-16/h10-11,14-15,17H,4-9,12,18H2,1-3H3. The molecule has 114 valence electrons. The van der Waals surface area contributed by atoms with E-state index in [-0.39, 0.29) is 12.1 Å². The van der Waals surface area contributed by atoms with Crippen LogP contribution < -0.4 is 5.73 Å². The van der Waals surface area contributed by atoms with E-state index >= 15 is 0 Å². The second-order valence-corrected chi connectivity index (χ2v) is 6.14. The van der Waals surface area contributed by atoms with Crippen LogP contribution >= 0.6 is 0 Å². The highest BCUT2D eigenvalue weighted by molar-refractivity contribution is 5.13. The van der Waals surface area contributed by atoms with E-state index in [0.717, 1.165) is 24.5 Å². The molecule has 3 nitrogen and oxygen atoms in total. The molecule has 3 heteroatoms. The van der Waals surface area contributed by atoms with Crippen LogP contribution in [0.3, 0.4) is 0 Å². The molecule has 3 unspecified atom stereocenters. The van der Waals surface area contributed by atoms with Gasteiger partial charge in [0.05, 0.1) is 6.04 Å². The molecular weight excluding hydrogens is 248 g/mol. The fourth-order valence-electron chi connectivity index (χ4n) is 3.49. The summed E-state index contributed by atoms with van der Waals surface area (Å²) in [6, 6.07) is 5.24. The van der Waals surface area contributed by atoms with Crippen LogP contribution in [0.15, 0.2) is 16.5 Å². The Morgan fingerprint density at radius 3 is 2.75 bits per heavy atom. The van der Waals surface area contributed by atoms with Gasteiger partial charge in [-0.1, -0.05) is 26.7 Å². The summed E-state index contributed by atoms with van der Waals surface area (Å²) in [6.07, 6.45) is 7.44. The van der Waals surface area contributed by atoms with E-state index in [2.05, 4.69) is 30.9 Å². The highest BCUT2D eigenvalue weighted by Crippen LogP contribution is 2.34. The largest absolute Gasteiger partial charge is 0.465 e. The summed E-state index contributed by atoms with van der Waals surface area (Å²) in [6.45, 7) is 7.62. The van der Waals surface area contributed by atoms with E-state index in [0.29, 0.717) is 6.04 Å². The molecule has 2 N–H and O–H groups in total. The van der Waals surface area contributed by atoms with Crippen LogP contribution in [0.2, 0.25) is 0 Å². The first kappa shape index (κ1) is 15.6. The van der Waals surface area contributed by atoms with Crippen molar-refractivity contribution < 1.29 is 4.42 Å². The van der Waals surface area contributed by atoms with E-state index in [1.807, 2.05) is 6.92 Å². The molecular formula is C17H30N2O. The monoisotopic (exact) mass is 278 g/mol. The minimum atomic E-state index is 0.151. The van der Waals surface area contributed by atoms with Crippen molar-refractivity contribution >= 4 is 0 Å². The lowest BCUT2D eigenvalue weighted by molar-refractivity contribution is 0.0605. The third-order valence-corrected chi connectivity index (χ3v) is 4.58. The molecule has 1 saturated heterocycles. The van der Waals surface area contributed by atoms with E-state index in [4.69, 9.17) is 10.2 Å². The van der Waals surface area contributed by atoms with Crippen molar-refractivity contribution in [3.63, 3.8) is 0 Å². The fraction of sp³-hybridized carbons (Fsp3) is 0.765. The van der Waals surface area contributed by atoms with E-state index in [1.165, 1.54) is 32.1 Å². The van der Waals surface area contributed by atoms with E-state index < -0.39 is 0 Å². The van der Waals surface area contributed by atoms with Crippen molar-refractivity contribution in [2.45, 2.75) is 77.4 Å². The molecule has 3 atom stereocenters. The molecule has 1 aliphatic rings. The Morgan fingerprint density at radius 2 is 2.15 bits per heavy atom. The Bertz CT molecular complexity index is 399. The van der Waals surface area contributed by atoms with Gasteiger partial charge in [0.15, 0.2) is 0 Å². The van der Waals surface area contributed by atoms with Gasteiger partial charge in [0.25, 0.3) is 0 Å². The quantitative estimate of drug-likeness (QED) is 0.854. The minimum Gasteiger partial charge on any atom is -0.465 e. The van der Waals surface area contributed by atoms with Gasteiger partial charge in [0.2, 0.25) is 0 Å². The van der Waals surface area contributed by atoms with Gasteiger partial charge in [-0.25, -0.2) is 0 Å². The molecule has 1 aromatic rings. The van der Waals surface area contributed by atoms with E-state index in [1.54, 1.807) is 0 Å². The number of piperidine rings is 1. The first-order valence-corrected chi connectivity index (χ1v) is 8.25. The Balaban J connectivity index is 2.24. The predicted molar refractivity (Wildman–Crippen MR) is 83.7 cm³/mol. The maximum absolute atomic E-state index is 6.45. The Morgan fingerprint density at radius 1 is 1.35 bits per heavy atom. The van der Waals surface area contributed by atoms with Crippen molar-refractivity contribution in [1.82, 2.24) is 4.90 Å². The topological polar surface area (TPSA) is 42.4 Å². The maximum Gasteiger partial charge on any atom is 0.122 e. The first-order chi connectivity index (χ1) is 9.67. The molecule has 1 aromatic heterocycles. The maximum atomic E-state index is 6.45. The number of furan rings is 1. The lowest BCUT2D eigenvalue weighted by Crippen LogP contribution is -2.48. The third-order valence-electron chi connectivity index (χ3n) is 4.58. The van der Waals surface area contributed by atoms with Crippen molar-refractivity contribution in [2.75, 3.05) is 6.54 Å². The highest BCUT2D eigenvalue weighted by atomic mass is 16.3. The van der Waals surface area contributed by atoms with Crippen molar-refractivity contribution in [3.8, 4) is 0 Å². The summed E-state index contributed by atoms with van der Waals surface area (Å²) in [5.74, 6) is 2.04. The van der Waals surface area contributed by atoms with Crippen molar-refractivity contribution in [2.24, 2.45) is 5.73 Å². The summed E-state index contributed by atoms with van der Waals surface area (Å²) in [5, 5.41) is 0. The zero-order valence-electron chi connectivity index (χ0n) is 13.3. The molecule has 1 fully saturated rings. The summed E-state index contributed by atoms with van der Waals surface area (Å²) >= 11 is 0. The van der Waals surface area contributed by atoms with Crippen LogP contribution in [0.25, 0.3) is 0 Å². The summed E-state index contributed by atoms with van der Waals surface area (Å²) in [4.78, 5) is 2.62. The van der Waals surface area contributed by atoms with Gasteiger partial charge < -0.3 is 10.2 Å². The Hall–Kier alpha value is -0.800. The van der Waals surface area contributed by atoms with Crippen LogP contribution in [-0.2, 0) is 0 Å². The molecule has 2 rings (SSSR count). The van der Waals surface area contributed by atoms with Gasteiger partial charge >= 0.3 is 0 Å². The van der Waals surface area contributed by atoms with Crippen molar-refractivity contribution in [1.29, 1.82) is 0 Å². The number of likely N-dealkylation sites (tertiary alicyclic amines) is 1. The number of nitrogens with two attached hydrogens (primary N) is 1. The molecule has 0 aromatic carbocycles. The average molecular weight is 278 g/mol. The first-order valence-electron chi connectivity index (χ1n) is 8.25. The smallest absolute Gasteiger partial charge is 0.122 e. The summed E-state index contributed by atoms with van der Waals surface area (Å²) < 4.78 is 5.93. The van der Waals surface area contributed by atoms with Crippen LogP contribution in [0.1, 0.15) is 69.9 Å². The predicted octanol–water partition coefficient (Wildman–Crippen LogP) is 4.02. The lowest BCUT2D eigenvalue weighted by atomic mass is 9.92. The molecule has 0 saturated carbocycles. The number of hydrogen-bond acceptors (Lipinski definition) is 3. The number of aryl methyl sites for hydroxylation is 1. The van der Waals surface area contributed by atoms with Gasteiger partial charge in [-0.05, 0) is 51.3 Å². The Kier molecular flexibility index (Phi) is 5.67. The second kappa shape index (κ2) is 7.28. The molecule has 0 amide bonds. The van der Waals surface area contributed by atoms with Crippen LogP contribution in [0.4, 0.5) is 0 Å². The zero-order valence-corrected chi connectivity index (χ0v) is 13.3. The minimum absolute atomic E-state index is 0.151. The van der Waals surface area contributed by atoms with Gasteiger partial charge in [-0.2, -0.15) is 0 Å². The number of hydrogen-bond donors (Lipinski definition) is 1. The molecule has 0 aliphatic carbocycles. The molecule has 1 aliphatic heterocycles. The average Bonchev–Trinajstić information content (AvgIpc) is 2.87. The van der Waals surface area contributed by atoms with Gasteiger partial charge in [-0.3, -0.25) is 4.90 Å². The van der Waals surface area contributed by atoms with Crippen molar-refractivity contribution in [3.05, 3.63) is 23.7 Å². The van der Waals surface area contributed by atoms with E-state index in [9.17, 15) is 0 Å². The summed E-state index contributed by atoms with van der Waals surface area (Å²) in [5.41, 5.74) is 6.45. The molecule has 0 spiro atoms. The molecule has 0 radical (unpaired) electrons. The van der Waals surface area contributed by atoms with Crippen LogP contribution in [-0.4, -0.2) is 23.5 Å². The highest BCUT2D eigenvalue weighted by Gasteiger charge is 2.34. The lowest BCUT2D eigenvalue weighted by Gasteiger charge is -2.42. The number of nitrogens with zero attached hydrogens (tertiary/aromatic N) is 1.